The van der Waals surface area contributed by atoms with Gasteiger partial charge in [-0.05, 0) is 37.5 Å². The first-order valence-corrected chi connectivity index (χ1v) is 7.36. The summed E-state index contributed by atoms with van der Waals surface area (Å²) in [6.07, 6.45) is 0. The minimum Gasteiger partial charge on any atom is -0.293 e. The van der Waals surface area contributed by atoms with Crippen LogP contribution in [0.5, 0.6) is 0 Å². The lowest BCUT2D eigenvalue weighted by molar-refractivity contribution is 0.0994. The second-order valence-electron chi connectivity index (χ2n) is 3.74. The standard InChI is InChI=1S/C12H11ClN2OS2/c1-7(17-12-14-8(2)15-18-12)11(16)9-4-3-5-10(13)6-9/h3-7H,1-2H3. The van der Waals surface area contributed by atoms with Gasteiger partial charge in [0.1, 0.15) is 5.82 Å². The first kappa shape index (κ1) is 13.5. The second-order valence-corrected chi connectivity index (χ2v) is 6.52. The number of carbonyl (C=O) groups excluding carboxylic acids is 1. The fraction of sp³-hybridized carbons (Fsp3) is 0.250. The van der Waals surface area contributed by atoms with Crippen LogP contribution in [0.2, 0.25) is 5.02 Å². The van der Waals surface area contributed by atoms with Gasteiger partial charge in [-0.2, -0.15) is 4.37 Å². The van der Waals surface area contributed by atoms with Crippen molar-refractivity contribution < 1.29 is 4.79 Å². The number of halogens is 1. The Morgan fingerprint density at radius 3 is 2.89 bits per heavy atom. The van der Waals surface area contributed by atoms with Gasteiger partial charge >= 0.3 is 0 Å². The lowest BCUT2D eigenvalue weighted by Crippen LogP contribution is -2.13. The highest BCUT2D eigenvalue weighted by Crippen LogP contribution is 2.27. The molecular formula is C12H11ClN2OS2. The van der Waals surface area contributed by atoms with Crippen LogP contribution in [-0.2, 0) is 0 Å². The van der Waals surface area contributed by atoms with E-state index in [1.165, 1.54) is 23.3 Å². The highest BCUT2D eigenvalue weighted by Gasteiger charge is 2.18. The summed E-state index contributed by atoms with van der Waals surface area (Å²) >= 11 is 8.62. The van der Waals surface area contributed by atoms with Gasteiger partial charge in [-0.25, -0.2) is 4.98 Å². The van der Waals surface area contributed by atoms with E-state index in [1.807, 2.05) is 13.8 Å². The van der Waals surface area contributed by atoms with E-state index in [9.17, 15) is 4.79 Å². The highest BCUT2D eigenvalue weighted by molar-refractivity contribution is 8.02. The molecule has 0 spiro atoms. The van der Waals surface area contributed by atoms with Gasteiger partial charge in [-0.1, -0.05) is 35.5 Å². The Bertz CT molecular complexity index is 571. The van der Waals surface area contributed by atoms with Gasteiger partial charge in [0.05, 0.1) is 5.25 Å². The van der Waals surface area contributed by atoms with Gasteiger partial charge in [0.15, 0.2) is 10.1 Å². The van der Waals surface area contributed by atoms with E-state index in [0.717, 1.165) is 10.2 Å². The summed E-state index contributed by atoms with van der Waals surface area (Å²) in [7, 11) is 0. The molecule has 6 heteroatoms. The number of Topliss-reactive ketones (excluding diaryl/α,β-unsaturated/α-hetero) is 1. The number of thioether (sulfide) groups is 1. The number of nitrogens with zero attached hydrogens (tertiary/aromatic N) is 2. The summed E-state index contributed by atoms with van der Waals surface area (Å²) in [6, 6.07) is 7.00. The molecule has 0 saturated heterocycles. The third-order valence-electron chi connectivity index (χ3n) is 2.26. The molecule has 1 atom stereocenters. The average Bonchev–Trinajstić information content (AvgIpc) is 2.73. The number of hydrogen-bond acceptors (Lipinski definition) is 5. The fourth-order valence-corrected chi connectivity index (χ4v) is 3.47. The number of rotatable bonds is 4. The lowest BCUT2D eigenvalue weighted by Gasteiger charge is -2.07. The van der Waals surface area contributed by atoms with E-state index in [4.69, 9.17) is 11.6 Å². The normalized spacial score (nSPS) is 12.4. The van der Waals surface area contributed by atoms with E-state index >= 15 is 0 Å². The maximum atomic E-state index is 12.2. The van der Waals surface area contributed by atoms with Gasteiger partial charge in [0.25, 0.3) is 0 Å². The third-order valence-corrected chi connectivity index (χ3v) is 4.48. The number of aryl methyl sites for hydroxylation is 1. The van der Waals surface area contributed by atoms with Crippen LogP contribution in [0.3, 0.4) is 0 Å². The third kappa shape index (κ3) is 3.31. The Labute approximate surface area is 119 Å². The van der Waals surface area contributed by atoms with Gasteiger partial charge in [-0.15, -0.1) is 0 Å². The van der Waals surface area contributed by atoms with Crippen molar-refractivity contribution in [1.82, 2.24) is 9.36 Å². The summed E-state index contributed by atoms with van der Waals surface area (Å²) < 4.78 is 4.91. The largest absolute Gasteiger partial charge is 0.293 e. The number of ketones is 1. The summed E-state index contributed by atoms with van der Waals surface area (Å²) in [4.78, 5) is 16.4. The van der Waals surface area contributed by atoms with E-state index in [1.54, 1.807) is 24.3 Å². The molecule has 3 nitrogen and oxygen atoms in total. The smallest absolute Gasteiger partial charge is 0.176 e. The lowest BCUT2D eigenvalue weighted by atomic mass is 10.1. The SMILES string of the molecule is Cc1nsc(SC(C)C(=O)c2cccc(Cl)c2)n1. The maximum Gasteiger partial charge on any atom is 0.176 e. The van der Waals surface area contributed by atoms with E-state index in [-0.39, 0.29) is 11.0 Å². The Balaban J connectivity index is 2.09. The summed E-state index contributed by atoms with van der Waals surface area (Å²) in [6.45, 7) is 3.70. The Kier molecular flexibility index (Phi) is 4.37. The zero-order chi connectivity index (χ0) is 13.1. The molecule has 0 aliphatic rings. The maximum absolute atomic E-state index is 12.2. The molecule has 0 radical (unpaired) electrons. The van der Waals surface area contributed by atoms with Crippen LogP contribution in [-0.4, -0.2) is 20.4 Å². The summed E-state index contributed by atoms with van der Waals surface area (Å²) in [5.74, 6) is 0.792. The molecule has 94 valence electrons. The van der Waals surface area contributed by atoms with Gasteiger partial charge in [0.2, 0.25) is 0 Å². The molecule has 0 saturated carbocycles. The molecule has 2 aromatic rings. The molecular weight excluding hydrogens is 288 g/mol. The van der Waals surface area contributed by atoms with Crippen molar-refractivity contribution in [3.05, 3.63) is 40.7 Å². The van der Waals surface area contributed by atoms with Gasteiger partial charge in [0, 0.05) is 10.6 Å². The quantitative estimate of drug-likeness (QED) is 0.635. The van der Waals surface area contributed by atoms with Crippen molar-refractivity contribution in [3.63, 3.8) is 0 Å². The van der Waals surface area contributed by atoms with Crippen LogP contribution in [0, 0.1) is 6.92 Å². The molecule has 0 aliphatic heterocycles. The molecule has 0 fully saturated rings. The van der Waals surface area contributed by atoms with Crippen LogP contribution in [0.1, 0.15) is 23.1 Å². The average molecular weight is 299 g/mol. The predicted octanol–water partition coefficient (Wildman–Crippen LogP) is 3.86. The van der Waals surface area contributed by atoms with E-state index in [2.05, 4.69) is 9.36 Å². The van der Waals surface area contributed by atoms with Crippen molar-refractivity contribution >= 4 is 40.7 Å². The van der Waals surface area contributed by atoms with Crippen LogP contribution in [0.15, 0.2) is 28.6 Å². The minimum absolute atomic E-state index is 0.0513. The molecule has 0 N–H and O–H groups in total. The number of carbonyl (C=O) groups is 1. The topological polar surface area (TPSA) is 42.9 Å². The molecule has 1 heterocycles. The number of aromatic nitrogens is 2. The molecule has 1 unspecified atom stereocenters. The van der Waals surface area contributed by atoms with Crippen LogP contribution in [0.4, 0.5) is 0 Å². The number of hydrogen-bond donors (Lipinski definition) is 0. The molecule has 0 aliphatic carbocycles. The monoisotopic (exact) mass is 298 g/mol. The van der Waals surface area contributed by atoms with E-state index < -0.39 is 0 Å². The van der Waals surface area contributed by atoms with E-state index in [0.29, 0.717) is 10.6 Å². The van der Waals surface area contributed by atoms with Crippen molar-refractivity contribution in [2.75, 3.05) is 0 Å². The minimum atomic E-state index is -0.198. The molecule has 2 rings (SSSR count). The first-order valence-electron chi connectivity index (χ1n) is 5.33. The molecule has 0 bridgehead atoms. The fourth-order valence-electron chi connectivity index (χ4n) is 1.41. The van der Waals surface area contributed by atoms with Gasteiger partial charge < -0.3 is 0 Å². The summed E-state index contributed by atoms with van der Waals surface area (Å²) in [5.41, 5.74) is 0.628. The van der Waals surface area contributed by atoms with Crippen LogP contribution < -0.4 is 0 Å². The van der Waals surface area contributed by atoms with Gasteiger partial charge in [-0.3, -0.25) is 4.79 Å². The van der Waals surface area contributed by atoms with Crippen LogP contribution in [0.25, 0.3) is 0 Å². The summed E-state index contributed by atoms with van der Waals surface area (Å²) in [5, 5.41) is 0.376. The van der Waals surface area contributed by atoms with Crippen molar-refractivity contribution in [2.24, 2.45) is 0 Å². The predicted molar refractivity (Wildman–Crippen MR) is 75.7 cm³/mol. The zero-order valence-corrected chi connectivity index (χ0v) is 12.3. The first-order chi connectivity index (χ1) is 8.56. The van der Waals surface area contributed by atoms with Crippen LogP contribution >= 0.6 is 34.9 Å². The Morgan fingerprint density at radius 1 is 1.50 bits per heavy atom. The Morgan fingerprint density at radius 2 is 2.28 bits per heavy atom. The highest BCUT2D eigenvalue weighted by atomic mass is 35.5. The number of benzene rings is 1. The van der Waals surface area contributed by atoms with Crippen molar-refractivity contribution in [3.8, 4) is 0 Å². The molecule has 18 heavy (non-hydrogen) atoms. The van der Waals surface area contributed by atoms with Crippen molar-refractivity contribution in [1.29, 1.82) is 0 Å². The zero-order valence-electron chi connectivity index (χ0n) is 9.88. The molecule has 1 aromatic carbocycles. The molecule has 0 amide bonds. The Hall–Kier alpha value is -0.910. The second kappa shape index (κ2) is 5.82. The van der Waals surface area contributed by atoms with Crippen molar-refractivity contribution in [2.45, 2.75) is 23.4 Å². The molecule has 1 aromatic heterocycles.